The molecule has 2 aliphatic heterocycles. The van der Waals surface area contributed by atoms with Gasteiger partial charge in [0, 0.05) is 42.7 Å². The highest BCUT2D eigenvalue weighted by molar-refractivity contribution is 5.97. The maximum atomic E-state index is 12.7. The van der Waals surface area contributed by atoms with E-state index in [-0.39, 0.29) is 17.2 Å². The van der Waals surface area contributed by atoms with Crippen LogP contribution in [0.2, 0.25) is 0 Å². The molecule has 0 aliphatic carbocycles. The van der Waals surface area contributed by atoms with Crippen LogP contribution in [-0.2, 0) is 4.79 Å². The van der Waals surface area contributed by atoms with Gasteiger partial charge in [0.1, 0.15) is 0 Å². The SMILES string of the molecule is Cc1cccc(N2C[C@@]3(CCN(C(=O)c4ccccc4)C3)CC2=O)c1. The molecule has 0 saturated carbocycles. The van der Waals surface area contributed by atoms with E-state index in [2.05, 4.69) is 6.07 Å². The molecule has 0 bridgehead atoms. The van der Waals surface area contributed by atoms with Gasteiger partial charge < -0.3 is 9.80 Å². The number of hydrogen-bond donors (Lipinski definition) is 0. The zero-order valence-corrected chi connectivity index (χ0v) is 14.4. The lowest BCUT2D eigenvalue weighted by Crippen LogP contribution is -2.34. The third-order valence-electron chi connectivity index (χ3n) is 5.38. The number of hydrogen-bond acceptors (Lipinski definition) is 2. The Balaban J connectivity index is 1.51. The molecule has 2 aromatic rings. The Morgan fingerprint density at radius 1 is 1.04 bits per heavy atom. The molecule has 0 radical (unpaired) electrons. The smallest absolute Gasteiger partial charge is 0.253 e. The van der Waals surface area contributed by atoms with Crippen LogP contribution >= 0.6 is 0 Å². The van der Waals surface area contributed by atoms with Crippen LogP contribution in [0.5, 0.6) is 0 Å². The summed E-state index contributed by atoms with van der Waals surface area (Å²) in [6.07, 6.45) is 1.42. The fourth-order valence-corrected chi connectivity index (χ4v) is 4.07. The highest BCUT2D eigenvalue weighted by Gasteiger charge is 2.48. The maximum absolute atomic E-state index is 12.7. The van der Waals surface area contributed by atoms with Crippen LogP contribution in [0.15, 0.2) is 54.6 Å². The first-order valence-corrected chi connectivity index (χ1v) is 8.78. The van der Waals surface area contributed by atoms with Crippen LogP contribution in [0.3, 0.4) is 0 Å². The number of rotatable bonds is 2. The monoisotopic (exact) mass is 334 g/mol. The number of benzene rings is 2. The van der Waals surface area contributed by atoms with E-state index in [1.54, 1.807) is 0 Å². The van der Waals surface area contributed by atoms with Crippen molar-refractivity contribution in [3.63, 3.8) is 0 Å². The van der Waals surface area contributed by atoms with E-state index in [1.165, 1.54) is 0 Å². The summed E-state index contributed by atoms with van der Waals surface area (Å²) in [5, 5.41) is 0. The summed E-state index contributed by atoms with van der Waals surface area (Å²) in [4.78, 5) is 29.1. The molecular formula is C21H22N2O2. The summed E-state index contributed by atoms with van der Waals surface area (Å²) in [5.41, 5.74) is 2.73. The zero-order chi connectivity index (χ0) is 17.4. The second-order valence-electron chi connectivity index (χ2n) is 7.34. The molecule has 2 saturated heterocycles. The van der Waals surface area contributed by atoms with Crippen molar-refractivity contribution >= 4 is 17.5 Å². The molecule has 0 N–H and O–H groups in total. The van der Waals surface area contributed by atoms with Gasteiger partial charge in [0.2, 0.25) is 5.91 Å². The zero-order valence-electron chi connectivity index (χ0n) is 14.4. The number of carbonyl (C=O) groups is 2. The number of aryl methyl sites for hydroxylation is 1. The molecular weight excluding hydrogens is 312 g/mol. The Morgan fingerprint density at radius 3 is 2.60 bits per heavy atom. The Hall–Kier alpha value is -2.62. The summed E-state index contributed by atoms with van der Waals surface area (Å²) in [6, 6.07) is 17.5. The first-order valence-electron chi connectivity index (χ1n) is 8.78. The molecule has 0 unspecified atom stereocenters. The van der Waals surface area contributed by atoms with Crippen LogP contribution in [-0.4, -0.2) is 36.3 Å². The van der Waals surface area contributed by atoms with E-state index in [0.29, 0.717) is 19.5 Å². The molecule has 2 fully saturated rings. The topological polar surface area (TPSA) is 40.6 Å². The minimum absolute atomic E-state index is 0.0685. The van der Waals surface area contributed by atoms with Crippen molar-refractivity contribution in [3.8, 4) is 0 Å². The predicted molar refractivity (Wildman–Crippen MR) is 97.5 cm³/mol. The van der Waals surface area contributed by atoms with Crippen molar-refractivity contribution < 1.29 is 9.59 Å². The molecule has 25 heavy (non-hydrogen) atoms. The van der Waals surface area contributed by atoms with E-state index < -0.39 is 0 Å². The van der Waals surface area contributed by atoms with Gasteiger partial charge in [-0.3, -0.25) is 9.59 Å². The van der Waals surface area contributed by atoms with Crippen LogP contribution in [0, 0.1) is 12.3 Å². The second kappa shape index (κ2) is 6.03. The lowest BCUT2D eigenvalue weighted by Gasteiger charge is -2.24. The van der Waals surface area contributed by atoms with Crippen molar-refractivity contribution in [2.45, 2.75) is 19.8 Å². The average Bonchev–Trinajstić information content (AvgIpc) is 3.18. The molecule has 1 atom stereocenters. The van der Waals surface area contributed by atoms with E-state index in [1.807, 2.05) is 65.3 Å². The summed E-state index contributed by atoms with van der Waals surface area (Å²) < 4.78 is 0. The molecule has 2 heterocycles. The fraction of sp³-hybridized carbons (Fsp3) is 0.333. The Morgan fingerprint density at radius 2 is 1.84 bits per heavy atom. The quantitative estimate of drug-likeness (QED) is 0.846. The molecule has 2 amide bonds. The highest BCUT2D eigenvalue weighted by atomic mass is 16.2. The van der Waals surface area contributed by atoms with Crippen LogP contribution < -0.4 is 4.90 Å². The first-order chi connectivity index (χ1) is 12.1. The molecule has 4 nitrogen and oxygen atoms in total. The number of likely N-dealkylation sites (tertiary alicyclic amines) is 1. The minimum Gasteiger partial charge on any atom is -0.338 e. The van der Waals surface area contributed by atoms with Gasteiger partial charge in [-0.2, -0.15) is 0 Å². The van der Waals surface area contributed by atoms with Crippen molar-refractivity contribution in [1.82, 2.24) is 4.90 Å². The Labute approximate surface area is 148 Å². The van der Waals surface area contributed by atoms with Gasteiger partial charge in [-0.1, -0.05) is 30.3 Å². The van der Waals surface area contributed by atoms with Crippen LogP contribution in [0.1, 0.15) is 28.8 Å². The van der Waals surface area contributed by atoms with Gasteiger partial charge in [0.15, 0.2) is 0 Å². The van der Waals surface area contributed by atoms with Gasteiger partial charge in [0.05, 0.1) is 0 Å². The maximum Gasteiger partial charge on any atom is 0.253 e. The number of carbonyl (C=O) groups excluding carboxylic acids is 2. The van der Waals surface area contributed by atoms with E-state index in [9.17, 15) is 9.59 Å². The molecule has 2 aromatic carbocycles. The van der Waals surface area contributed by atoms with E-state index in [0.717, 1.165) is 29.8 Å². The molecule has 4 rings (SSSR count). The van der Waals surface area contributed by atoms with Crippen molar-refractivity contribution in [2.24, 2.45) is 5.41 Å². The third kappa shape index (κ3) is 2.93. The van der Waals surface area contributed by atoms with E-state index >= 15 is 0 Å². The molecule has 4 heteroatoms. The number of anilines is 1. The summed E-state index contributed by atoms with van der Waals surface area (Å²) in [7, 11) is 0. The highest BCUT2D eigenvalue weighted by Crippen LogP contribution is 2.42. The van der Waals surface area contributed by atoms with Crippen LogP contribution in [0.25, 0.3) is 0 Å². The Kier molecular flexibility index (Phi) is 3.83. The van der Waals surface area contributed by atoms with Crippen molar-refractivity contribution in [3.05, 3.63) is 65.7 Å². The van der Waals surface area contributed by atoms with Crippen LogP contribution in [0.4, 0.5) is 5.69 Å². The predicted octanol–water partition coefficient (Wildman–Crippen LogP) is 3.26. The molecule has 128 valence electrons. The average molecular weight is 334 g/mol. The standard InChI is InChI=1S/C21H22N2O2/c1-16-6-5-9-18(12-16)23-15-21(13-19(23)24)10-11-22(14-21)20(25)17-7-3-2-4-8-17/h2-9,12H,10-11,13-15H2,1H3/t21-/m0/s1. The van der Waals surface area contributed by atoms with E-state index in [4.69, 9.17) is 0 Å². The largest absolute Gasteiger partial charge is 0.338 e. The summed E-state index contributed by atoms with van der Waals surface area (Å²) in [6.45, 7) is 4.13. The van der Waals surface area contributed by atoms with Gasteiger partial charge in [-0.15, -0.1) is 0 Å². The molecule has 2 aliphatic rings. The fourth-order valence-electron chi connectivity index (χ4n) is 4.07. The number of nitrogens with zero attached hydrogens (tertiary/aromatic N) is 2. The third-order valence-corrected chi connectivity index (χ3v) is 5.38. The molecule has 0 aromatic heterocycles. The summed E-state index contributed by atoms with van der Waals surface area (Å²) >= 11 is 0. The van der Waals surface area contributed by atoms with Crippen molar-refractivity contribution in [1.29, 1.82) is 0 Å². The van der Waals surface area contributed by atoms with Gasteiger partial charge >= 0.3 is 0 Å². The number of amides is 2. The minimum atomic E-state index is -0.106. The second-order valence-corrected chi connectivity index (χ2v) is 7.34. The first kappa shape index (κ1) is 15.9. The van der Waals surface area contributed by atoms with Gasteiger partial charge in [-0.25, -0.2) is 0 Å². The lowest BCUT2D eigenvalue weighted by molar-refractivity contribution is -0.117. The van der Waals surface area contributed by atoms with Gasteiger partial charge in [0.25, 0.3) is 5.91 Å². The normalized spacial score (nSPS) is 22.8. The summed E-state index contributed by atoms with van der Waals surface area (Å²) in [5.74, 6) is 0.235. The van der Waals surface area contributed by atoms with Crippen molar-refractivity contribution in [2.75, 3.05) is 24.5 Å². The van der Waals surface area contributed by atoms with Gasteiger partial charge in [-0.05, 0) is 43.2 Å². The lowest BCUT2D eigenvalue weighted by atomic mass is 9.86. The Bertz CT molecular complexity index is 818. The molecule has 1 spiro atoms.